The number of halogens is 1. The Labute approximate surface area is 99.4 Å². The van der Waals surface area contributed by atoms with Crippen LogP contribution >= 0.6 is 0 Å². The predicted octanol–water partition coefficient (Wildman–Crippen LogP) is 1.76. The number of esters is 1. The first-order chi connectivity index (χ1) is 8.01. The molecule has 0 aliphatic rings. The van der Waals surface area contributed by atoms with Crippen LogP contribution < -0.4 is 5.32 Å². The highest BCUT2D eigenvalue weighted by molar-refractivity contribution is 5.83. The first-order valence-electron chi connectivity index (χ1n) is 5.36. The van der Waals surface area contributed by atoms with E-state index in [-0.39, 0.29) is 5.95 Å². The second kappa shape index (κ2) is 5.56. The topological polar surface area (TPSA) is 64.1 Å². The summed E-state index contributed by atoms with van der Waals surface area (Å²) in [6.07, 6.45) is 3.44. The van der Waals surface area contributed by atoms with E-state index in [9.17, 15) is 9.18 Å². The van der Waals surface area contributed by atoms with Crippen LogP contribution in [0.4, 0.5) is 10.3 Å². The van der Waals surface area contributed by atoms with Gasteiger partial charge in [-0.3, -0.25) is 0 Å². The van der Waals surface area contributed by atoms with Crippen LogP contribution in [0.5, 0.6) is 0 Å². The average Bonchev–Trinajstić information content (AvgIpc) is 2.31. The average molecular weight is 241 g/mol. The second-order valence-corrected chi connectivity index (χ2v) is 3.92. The summed E-state index contributed by atoms with van der Waals surface area (Å²) < 4.78 is 17.4. The number of aromatic nitrogens is 2. The van der Waals surface area contributed by atoms with Crippen LogP contribution in [0.2, 0.25) is 0 Å². The Hall–Kier alpha value is -1.72. The number of hydrogen-bond acceptors (Lipinski definition) is 5. The largest absolute Gasteiger partial charge is 0.467 e. The van der Waals surface area contributed by atoms with Crippen molar-refractivity contribution >= 4 is 11.9 Å². The Balaban J connectivity index is 2.86. The fraction of sp³-hybridized carbons (Fsp3) is 0.545. The first-order valence-corrected chi connectivity index (χ1v) is 5.36. The van der Waals surface area contributed by atoms with Gasteiger partial charge < -0.3 is 10.1 Å². The second-order valence-electron chi connectivity index (χ2n) is 3.92. The molecular formula is C11H16FN3O2. The van der Waals surface area contributed by atoms with Crippen LogP contribution in [-0.2, 0) is 9.53 Å². The van der Waals surface area contributed by atoms with Gasteiger partial charge in [0.1, 0.15) is 5.54 Å². The standard InChI is InChI=1S/C11H16FN3O2/c1-4-5-11(2,9(16)17-3)15-10-13-6-8(12)7-14-10/h6-7H,4-5H2,1-3H3,(H,13,14,15). The van der Waals surface area contributed by atoms with E-state index in [1.807, 2.05) is 6.92 Å². The molecule has 1 unspecified atom stereocenters. The number of anilines is 1. The lowest BCUT2D eigenvalue weighted by molar-refractivity contribution is -0.145. The molecule has 6 heteroatoms. The molecule has 0 radical (unpaired) electrons. The van der Waals surface area contributed by atoms with Gasteiger partial charge in [-0.25, -0.2) is 19.2 Å². The van der Waals surface area contributed by atoms with Gasteiger partial charge in [-0.2, -0.15) is 0 Å². The normalized spacial score (nSPS) is 13.9. The Morgan fingerprint density at radius 1 is 1.53 bits per heavy atom. The van der Waals surface area contributed by atoms with E-state index < -0.39 is 17.3 Å². The summed E-state index contributed by atoms with van der Waals surface area (Å²) in [5, 5.41) is 2.87. The van der Waals surface area contributed by atoms with Gasteiger partial charge in [0.25, 0.3) is 0 Å². The van der Waals surface area contributed by atoms with Gasteiger partial charge >= 0.3 is 5.97 Å². The Morgan fingerprint density at radius 2 is 2.12 bits per heavy atom. The van der Waals surface area contributed by atoms with Crippen LogP contribution in [0.1, 0.15) is 26.7 Å². The van der Waals surface area contributed by atoms with Gasteiger partial charge in [0.2, 0.25) is 5.95 Å². The summed E-state index contributed by atoms with van der Waals surface area (Å²) in [6, 6.07) is 0. The fourth-order valence-electron chi connectivity index (χ4n) is 1.56. The highest BCUT2D eigenvalue weighted by atomic mass is 19.1. The minimum atomic E-state index is -0.901. The van der Waals surface area contributed by atoms with E-state index >= 15 is 0 Å². The van der Waals surface area contributed by atoms with E-state index in [1.165, 1.54) is 7.11 Å². The minimum Gasteiger partial charge on any atom is -0.467 e. The lowest BCUT2D eigenvalue weighted by Gasteiger charge is -2.27. The zero-order chi connectivity index (χ0) is 12.9. The molecule has 94 valence electrons. The molecule has 1 heterocycles. The maximum atomic E-state index is 12.6. The molecule has 0 bridgehead atoms. The number of carbonyl (C=O) groups excluding carboxylic acids is 1. The van der Waals surface area contributed by atoms with Crippen molar-refractivity contribution in [2.75, 3.05) is 12.4 Å². The van der Waals surface area contributed by atoms with Crippen LogP contribution in [-0.4, -0.2) is 28.6 Å². The van der Waals surface area contributed by atoms with Crippen molar-refractivity contribution in [2.24, 2.45) is 0 Å². The van der Waals surface area contributed by atoms with Crippen molar-refractivity contribution in [1.29, 1.82) is 0 Å². The Morgan fingerprint density at radius 3 is 2.59 bits per heavy atom. The predicted molar refractivity (Wildman–Crippen MR) is 60.9 cm³/mol. The molecule has 0 saturated carbocycles. The number of ether oxygens (including phenoxy) is 1. The molecule has 0 aliphatic heterocycles. The summed E-state index contributed by atoms with van der Waals surface area (Å²) in [6.45, 7) is 3.66. The van der Waals surface area contributed by atoms with Gasteiger partial charge in [-0.15, -0.1) is 0 Å². The summed E-state index contributed by atoms with van der Waals surface area (Å²) >= 11 is 0. The van der Waals surface area contributed by atoms with Gasteiger partial charge in [0.05, 0.1) is 19.5 Å². The lowest BCUT2D eigenvalue weighted by atomic mass is 9.96. The third-order valence-corrected chi connectivity index (χ3v) is 2.39. The molecule has 0 amide bonds. The van der Waals surface area contributed by atoms with E-state index in [0.29, 0.717) is 6.42 Å². The van der Waals surface area contributed by atoms with Gasteiger partial charge in [-0.1, -0.05) is 13.3 Å². The zero-order valence-electron chi connectivity index (χ0n) is 10.2. The van der Waals surface area contributed by atoms with Gasteiger partial charge in [0, 0.05) is 0 Å². The van der Waals surface area contributed by atoms with Crippen LogP contribution in [0, 0.1) is 5.82 Å². The lowest BCUT2D eigenvalue weighted by Crippen LogP contribution is -2.44. The highest BCUT2D eigenvalue weighted by Crippen LogP contribution is 2.19. The van der Waals surface area contributed by atoms with Crippen molar-refractivity contribution in [1.82, 2.24) is 9.97 Å². The van der Waals surface area contributed by atoms with Gasteiger partial charge in [-0.05, 0) is 13.3 Å². The van der Waals surface area contributed by atoms with Crippen molar-refractivity contribution in [2.45, 2.75) is 32.2 Å². The van der Waals surface area contributed by atoms with E-state index in [2.05, 4.69) is 15.3 Å². The van der Waals surface area contributed by atoms with Crippen LogP contribution in [0.3, 0.4) is 0 Å². The molecule has 0 aliphatic carbocycles. The van der Waals surface area contributed by atoms with E-state index in [4.69, 9.17) is 4.74 Å². The molecule has 0 fully saturated rings. The van der Waals surface area contributed by atoms with Crippen molar-refractivity contribution in [3.63, 3.8) is 0 Å². The number of nitrogens with zero attached hydrogens (tertiary/aromatic N) is 2. The monoisotopic (exact) mass is 241 g/mol. The third kappa shape index (κ3) is 3.37. The molecule has 0 aromatic carbocycles. The maximum Gasteiger partial charge on any atom is 0.331 e. The van der Waals surface area contributed by atoms with E-state index in [0.717, 1.165) is 18.8 Å². The smallest absolute Gasteiger partial charge is 0.331 e. The minimum absolute atomic E-state index is 0.202. The molecular weight excluding hydrogens is 225 g/mol. The van der Waals surface area contributed by atoms with Crippen LogP contribution in [0.15, 0.2) is 12.4 Å². The third-order valence-electron chi connectivity index (χ3n) is 2.39. The molecule has 1 N–H and O–H groups in total. The Kier molecular flexibility index (Phi) is 4.37. The number of rotatable bonds is 5. The number of nitrogens with one attached hydrogen (secondary N) is 1. The SMILES string of the molecule is CCCC(C)(Nc1ncc(F)cn1)C(=O)OC. The van der Waals surface area contributed by atoms with E-state index in [1.54, 1.807) is 6.92 Å². The summed E-state index contributed by atoms with van der Waals surface area (Å²) in [4.78, 5) is 19.2. The van der Waals surface area contributed by atoms with Gasteiger partial charge in [0.15, 0.2) is 5.82 Å². The fourth-order valence-corrected chi connectivity index (χ4v) is 1.56. The summed E-state index contributed by atoms with van der Waals surface area (Å²) in [5.74, 6) is -0.717. The molecule has 1 atom stereocenters. The molecule has 17 heavy (non-hydrogen) atoms. The van der Waals surface area contributed by atoms with Crippen LogP contribution in [0.25, 0.3) is 0 Å². The molecule has 1 aromatic heterocycles. The number of carbonyl (C=O) groups is 1. The summed E-state index contributed by atoms with van der Waals surface area (Å²) in [5.41, 5.74) is -0.901. The quantitative estimate of drug-likeness (QED) is 0.796. The molecule has 5 nitrogen and oxygen atoms in total. The first kappa shape index (κ1) is 13.3. The highest BCUT2D eigenvalue weighted by Gasteiger charge is 2.34. The summed E-state index contributed by atoms with van der Waals surface area (Å²) in [7, 11) is 1.32. The van der Waals surface area contributed by atoms with Crippen molar-refractivity contribution < 1.29 is 13.9 Å². The van der Waals surface area contributed by atoms with Crippen molar-refractivity contribution in [3.8, 4) is 0 Å². The number of methoxy groups -OCH3 is 1. The molecule has 1 aromatic rings. The molecule has 1 rings (SSSR count). The molecule has 0 spiro atoms. The van der Waals surface area contributed by atoms with Crippen molar-refractivity contribution in [3.05, 3.63) is 18.2 Å². The Bertz CT molecular complexity index is 383. The number of hydrogen-bond donors (Lipinski definition) is 1. The maximum absolute atomic E-state index is 12.6. The molecule has 0 saturated heterocycles. The zero-order valence-corrected chi connectivity index (χ0v) is 10.2.